The second-order valence-electron chi connectivity index (χ2n) is 8.03. The van der Waals surface area contributed by atoms with Crippen LogP contribution in [0, 0.1) is 17.3 Å². The summed E-state index contributed by atoms with van der Waals surface area (Å²) >= 11 is 0. The van der Waals surface area contributed by atoms with Gasteiger partial charge < -0.3 is 10.2 Å². The number of hydrogen-bond donors (Lipinski definition) is 2. The largest absolute Gasteiger partial charge is 0.393 e. The smallest absolute Gasteiger partial charge is 0.0591 e. The summed E-state index contributed by atoms with van der Waals surface area (Å²) in [5, 5.41) is 20.1. The van der Waals surface area contributed by atoms with Gasteiger partial charge in [0, 0.05) is 0 Å². The quantitative estimate of drug-likeness (QED) is 0.746. The predicted octanol–water partition coefficient (Wildman–Crippen LogP) is 4.06. The highest BCUT2D eigenvalue weighted by atomic mass is 16.3. The summed E-state index contributed by atoms with van der Waals surface area (Å²) in [6, 6.07) is 0. The van der Waals surface area contributed by atoms with Gasteiger partial charge >= 0.3 is 0 Å². The van der Waals surface area contributed by atoms with Gasteiger partial charge in [0.15, 0.2) is 0 Å². The van der Waals surface area contributed by atoms with E-state index >= 15 is 0 Å². The van der Waals surface area contributed by atoms with Gasteiger partial charge in [0.25, 0.3) is 0 Å². The Hall–Kier alpha value is -0.340. The van der Waals surface area contributed by atoms with Crippen molar-refractivity contribution >= 4 is 0 Å². The maximum absolute atomic E-state index is 10.3. The molecule has 0 amide bonds. The minimum Gasteiger partial charge on any atom is -0.393 e. The van der Waals surface area contributed by atoms with E-state index in [2.05, 4.69) is 13.5 Å². The molecule has 20 heavy (non-hydrogen) atoms. The van der Waals surface area contributed by atoms with Crippen LogP contribution in [0.2, 0.25) is 0 Å². The van der Waals surface area contributed by atoms with Gasteiger partial charge in [-0.15, -0.1) is 0 Å². The van der Waals surface area contributed by atoms with Crippen molar-refractivity contribution in [1.29, 1.82) is 0 Å². The molecular formula is C18H32O2. The first-order valence-corrected chi connectivity index (χ1v) is 8.32. The molecule has 0 aromatic rings. The van der Waals surface area contributed by atoms with Gasteiger partial charge in [-0.2, -0.15) is 0 Å². The number of hydrogen-bond acceptors (Lipinski definition) is 2. The Kier molecular flexibility index (Phi) is 4.66. The predicted molar refractivity (Wildman–Crippen MR) is 83.5 cm³/mol. The Morgan fingerprint density at radius 2 is 2.00 bits per heavy atom. The van der Waals surface area contributed by atoms with Crippen LogP contribution in [-0.4, -0.2) is 21.9 Å². The first kappa shape index (κ1) is 16.0. The highest BCUT2D eigenvalue weighted by Crippen LogP contribution is 2.57. The van der Waals surface area contributed by atoms with Gasteiger partial charge in [0.05, 0.1) is 11.7 Å². The fourth-order valence-corrected chi connectivity index (χ4v) is 4.74. The van der Waals surface area contributed by atoms with Crippen molar-refractivity contribution < 1.29 is 10.2 Å². The Bertz CT molecular complexity index is 355. The van der Waals surface area contributed by atoms with Crippen LogP contribution in [0.15, 0.2) is 12.2 Å². The molecule has 0 radical (unpaired) electrons. The molecule has 2 aliphatic carbocycles. The summed E-state index contributed by atoms with van der Waals surface area (Å²) in [4.78, 5) is 0. The zero-order valence-corrected chi connectivity index (χ0v) is 13.5. The molecule has 2 aliphatic rings. The molecule has 4 atom stereocenters. The molecular weight excluding hydrogens is 248 g/mol. The van der Waals surface area contributed by atoms with Crippen molar-refractivity contribution in [1.82, 2.24) is 0 Å². The third kappa shape index (κ3) is 3.28. The Balaban J connectivity index is 1.94. The molecule has 116 valence electrons. The van der Waals surface area contributed by atoms with Crippen molar-refractivity contribution in [2.45, 2.75) is 83.8 Å². The fraction of sp³-hybridized carbons (Fsp3) is 0.889. The lowest BCUT2D eigenvalue weighted by Gasteiger charge is -2.44. The van der Waals surface area contributed by atoms with Crippen molar-refractivity contribution in [2.24, 2.45) is 17.3 Å². The van der Waals surface area contributed by atoms with Crippen molar-refractivity contribution in [2.75, 3.05) is 0 Å². The van der Waals surface area contributed by atoms with Crippen molar-refractivity contribution in [3.63, 3.8) is 0 Å². The van der Waals surface area contributed by atoms with E-state index in [1.807, 2.05) is 13.8 Å². The Morgan fingerprint density at radius 3 is 2.65 bits per heavy atom. The molecule has 2 saturated carbocycles. The highest BCUT2D eigenvalue weighted by molar-refractivity contribution is 5.13. The molecule has 0 aromatic heterocycles. The number of allylic oxidation sites excluding steroid dienone is 1. The van der Waals surface area contributed by atoms with E-state index < -0.39 is 5.60 Å². The molecule has 0 aliphatic heterocycles. The number of aliphatic hydroxyl groups is 2. The van der Waals surface area contributed by atoms with Crippen molar-refractivity contribution in [3.8, 4) is 0 Å². The van der Waals surface area contributed by atoms with E-state index in [4.69, 9.17) is 0 Å². The lowest BCUT2D eigenvalue weighted by Crippen LogP contribution is -2.40. The molecule has 0 heterocycles. The van der Waals surface area contributed by atoms with Crippen LogP contribution in [0.3, 0.4) is 0 Å². The van der Waals surface area contributed by atoms with Crippen LogP contribution >= 0.6 is 0 Å². The monoisotopic (exact) mass is 280 g/mol. The molecule has 0 aromatic carbocycles. The Labute approximate surface area is 124 Å². The van der Waals surface area contributed by atoms with Crippen LogP contribution in [0.4, 0.5) is 0 Å². The van der Waals surface area contributed by atoms with E-state index in [1.165, 1.54) is 18.4 Å². The molecule has 2 heteroatoms. The Morgan fingerprint density at radius 1 is 1.30 bits per heavy atom. The van der Waals surface area contributed by atoms with Crippen LogP contribution in [0.25, 0.3) is 0 Å². The second kappa shape index (κ2) is 5.81. The zero-order chi connectivity index (χ0) is 15.0. The summed E-state index contributed by atoms with van der Waals surface area (Å²) in [6.45, 7) is 10.5. The minimum atomic E-state index is -0.566. The van der Waals surface area contributed by atoms with Gasteiger partial charge in [-0.25, -0.2) is 0 Å². The van der Waals surface area contributed by atoms with Gasteiger partial charge in [-0.05, 0) is 76.0 Å². The van der Waals surface area contributed by atoms with E-state index in [1.54, 1.807) is 0 Å². The fourth-order valence-electron chi connectivity index (χ4n) is 4.74. The molecule has 2 nitrogen and oxygen atoms in total. The molecule has 0 spiro atoms. The standard InChI is InChI=1S/C18H32O2/c1-13(7-5-11-17(2,3)20)14-9-10-15-16(19)8-6-12-18(14,15)4/h14-16,19-20H,1,5-12H2,2-4H3. The molecule has 2 N–H and O–H groups in total. The zero-order valence-electron chi connectivity index (χ0n) is 13.5. The molecule has 2 fully saturated rings. The molecule has 2 rings (SSSR count). The van der Waals surface area contributed by atoms with Gasteiger partial charge in [-0.1, -0.05) is 25.5 Å². The average molecular weight is 280 g/mol. The summed E-state index contributed by atoms with van der Waals surface area (Å²) in [6.07, 6.45) is 8.51. The van der Waals surface area contributed by atoms with E-state index in [0.29, 0.717) is 11.8 Å². The number of aliphatic hydroxyl groups excluding tert-OH is 1. The second-order valence-corrected chi connectivity index (χ2v) is 8.03. The topological polar surface area (TPSA) is 40.5 Å². The van der Waals surface area contributed by atoms with Gasteiger partial charge in [0.2, 0.25) is 0 Å². The molecule has 4 unspecified atom stereocenters. The maximum atomic E-state index is 10.3. The van der Waals surface area contributed by atoms with E-state index in [-0.39, 0.29) is 11.5 Å². The van der Waals surface area contributed by atoms with Crippen LogP contribution < -0.4 is 0 Å². The normalized spacial score (nSPS) is 37.8. The van der Waals surface area contributed by atoms with Crippen molar-refractivity contribution in [3.05, 3.63) is 12.2 Å². The molecule has 0 saturated heterocycles. The highest BCUT2D eigenvalue weighted by Gasteiger charge is 2.51. The number of fused-ring (bicyclic) bond motifs is 1. The SMILES string of the molecule is C=C(CCCC(C)(C)O)C1CCC2C(O)CCCC12C. The maximum Gasteiger partial charge on any atom is 0.0591 e. The van der Waals surface area contributed by atoms with Crippen LogP contribution in [-0.2, 0) is 0 Å². The number of rotatable bonds is 5. The lowest BCUT2D eigenvalue weighted by atomic mass is 9.62. The third-order valence-electron chi connectivity index (χ3n) is 5.87. The first-order chi connectivity index (χ1) is 9.24. The summed E-state index contributed by atoms with van der Waals surface area (Å²) < 4.78 is 0. The van der Waals surface area contributed by atoms with Gasteiger partial charge in [0.1, 0.15) is 0 Å². The van der Waals surface area contributed by atoms with Crippen LogP contribution in [0.5, 0.6) is 0 Å². The van der Waals surface area contributed by atoms with E-state index in [0.717, 1.165) is 38.5 Å². The summed E-state index contributed by atoms with van der Waals surface area (Å²) in [5.74, 6) is 1.05. The summed E-state index contributed by atoms with van der Waals surface area (Å²) in [5.41, 5.74) is 1.06. The third-order valence-corrected chi connectivity index (χ3v) is 5.87. The first-order valence-electron chi connectivity index (χ1n) is 8.32. The average Bonchev–Trinajstić information content (AvgIpc) is 2.66. The lowest BCUT2D eigenvalue weighted by molar-refractivity contribution is -0.0114. The minimum absolute atomic E-state index is 0.0945. The van der Waals surface area contributed by atoms with Gasteiger partial charge in [-0.3, -0.25) is 0 Å². The molecule has 0 bridgehead atoms. The summed E-state index contributed by atoms with van der Waals surface area (Å²) in [7, 11) is 0. The van der Waals surface area contributed by atoms with Crippen LogP contribution in [0.1, 0.15) is 72.1 Å². The van der Waals surface area contributed by atoms with E-state index in [9.17, 15) is 10.2 Å².